The molecule has 0 nitrogen and oxygen atoms in total. The van der Waals surface area contributed by atoms with Gasteiger partial charge < -0.3 is 0 Å². The summed E-state index contributed by atoms with van der Waals surface area (Å²) in [7, 11) is 0. The lowest BCUT2D eigenvalue weighted by Crippen LogP contribution is -1.81. The van der Waals surface area contributed by atoms with Crippen LogP contribution in [0.4, 0.5) is 0 Å². The molecule has 0 aliphatic heterocycles. The zero-order valence-corrected chi connectivity index (χ0v) is 15.4. The second-order valence-corrected chi connectivity index (χ2v) is 6.49. The minimum Gasteiger partial charge on any atom is -0.122 e. The van der Waals surface area contributed by atoms with Crippen molar-refractivity contribution in [1.82, 2.24) is 0 Å². The first-order valence-corrected chi connectivity index (χ1v) is 8.65. The largest absolute Gasteiger partial charge is 0.122 e. The summed E-state index contributed by atoms with van der Waals surface area (Å²) in [5, 5.41) is 0. The number of alkyl halides is 1. The van der Waals surface area contributed by atoms with Crippen LogP contribution in [0, 0.1) is 0 Å². The lowest BCUT2D eigenvalue weighted by atomic mass is 10.1. The van der Waals surface area contributed by atoms with Crippen molar-refractivity contribution in [3.05, 3.63) is 46.6 Å². The first kappa shape index (κ1) is 20.2. The zero-order valence-electron chi connectivity index (χ0n) is 14.6. The van der Waals surface area contributed by atoms with Crippen molar-refractivity contribution < 1.29 is 0 Å². The van der Waals surface area contributed by atoms with E-state index in [4.69, 9.17) is 11.6 Å². The summed E-state index contributed by atoms with van der Waals surface area (Å²) in [6, 6.07) is 0. The van der Waals surface area contributed by atoms with Gasteiger partial charge in [0.2, 0.25) is 0 Å². The molecule has 120 valence electrons. The van der Waals surface area contributed by atoms with Crippen molar-refractivity contribution in [3.63, 3.8) is 0 Å². The van der Waals surface area contributed by atoms with Crippen LogP contribution in [0.2, 0.25) is 0 Å². The van der Waals surface area contributed by atoms with Gasteiger partial charge in [-0.3, -0.25) is 0 Å². The second-order valence-electron chi connectivity index (χ2n) is 6.22. The minimum absolute atomic E-state index is 0.652. The molecule has 0 saturated heterocycles. The standard InChI is InChI=1S/C20H33Cl/c1-17(2)10-8-13-19(4)15-9-14-18(3)11-6-7-12-20(5)16-21/h10-12,15H,6-9,13-14,16H2,1-5H3/b18-11+,19-15+,20-12+. The molecule has 0 aliphatic carbocycles. The quantitative estimate of drug-likeness (QED) is 0.224. The van der Waals surface area contributed by atoms with Crippen LogP contribution in [0.1, 0.15) is 73.1 Å². The molecule has 0 aliphatic rings. The third-order valence-electron chi connectivity index (χ3n) is 3.49. The number of rotatable bonds is 10. The van der Waals surface area contributed by atoms with Crippen LogP contribution < -0.4 is 0 Å². The fourth-order valence-electron chi connectivity index (χ4n) is 2.05. The molecule has 0 amide bonds. The summed E-state index contributed by atoms with van der Waals surface area (Å²) in [5.41, 5.74) is 5.71. The molecule has 0 aromatic rings. The Bertz CT molecular complexity index is 390. The molecule has 0 rings (SSSR count). The van der Waals surface area contributed by atoms with Crippen LogP contribution in [0.3, 0.4) is 0 Å². The van der Waals surface area contributed by atoms with Gasteiger partial charge in [0.1, 0.15) is 0 Å². The van der Waals surface area contributed by atoms with Gasteiger partial charge in [-0.2, -0.15) is 0 Å². The molecule has 0 radical (unpaired) electrons. The van der Waals surface area contributed by atoms with Crippen molar-refractivity contribution in [2.45, 2.75) is 73.1 Å². The Labute approximate surface area is 137 Å². The van der Waals surface area contributed by atoms with Crippen molar-refractivity contribution in [3.8, 4) is 0 Å². The van der Waals surface area contributed by atoms with E-state index in [1.165, 1.54) is 48.0 Å². The Morgan fingerprint density at radius 3 is 1.52 bits per heavy atom. The Morgan fingerprint density at radius 2 is 1.05 bits per heavy atom. The van der Waals surface area contributed by atoms with Crippen LogP contribution >= 0.6 is 11.6 Å². The van der Waals surface area contributed by atoms with Gasteiger partial charge in [-0.05, 0) is 73.1 Å². The predicted octanol–water partition coefficient (Wildman–Crippen LogP) is 7.37. The van der Waals surface area contributed by atoms with E-state index in [1.54, 1.807) is 0 Å². The van der Waals surface area contributed by atoms with Gasteiger partial charge in [0.15, 0.2) is 0 Å². The molecule has 0 fully saturated rings. The molecular weight excluding hydrogens is 276 g/mol. The number of hydrogen-bond donors (Lipinski definition) is 0. The van der Waals surface area contributed by atoms with Gasteiger partial charge >= 0.3 is 0 Å². The summed E-state index contributed by atoms with van der Waals surface area (Å²) in [5.74, 6) is 0.652. The average molecular weight is 309 g/mol. The number of halogens is 1. The Hall–Kier alpha value is -0.750. The van der Waals surface area contributed by atoms with Crippen LogP contribution in [0.25, 0.3) is 0 Å². The summed E-state index contributed by atoms with van der Waals surface area (Å²) < 4.78 is 0. The van der Waals surface area contributed by atoms with Crippen molar-refractivity contribution in [1.29, 1.82) is 0 Å². The minimum atomic E-state index is 0.652. The van der Waals surface area contributed by atoms with Gasteiger partial charge in [0, 0.05) is 5.88 Å². The molecule has 21 heavy (non-hydrogen) atoms. The Kier molecular flexibility index (Phi) is 12.5. The molecular formula is C20H33Cl. The van der Waals surface area contributed by atoms with Gasteiger partial charge in [-0.25, -0.2) is 0 Å². The molecule has 0 aromatic carbocycles. The Balaban J connectivity index is 3.91. The molecule has 1 heteroatoms. The van der Waals surface area contributed by atoms with E-state index < -0.39 is 0 Å². The maximum Gasteiger partial charge on any atom is 0.0430 e. The number of allylic oxidation sites excluding steroid dienone is 8. The third kappa shape index (κ3) is 14.0. The topological polar surface area (TPSA) is 0 Å². The van der Waals surface area contributed by atoms with Crippen LogP contribution in [0.5, 0.6) is 0 Å². The molecule has 0 saturated carbocycles. The highest BCUT2D eigenvalue weighted by molar-refractivity contribution is 6.19. The summed E-state index contributed by atoms with van der Waals surface area (Å²) in [4.78, 5) is 0. The average Bonchev–Trinajstić information content (AvgIpc) is 2.42. The second kappa shape index (κ2) is 13.0. The lowest BCUT2D eigenvalue weighted by molar-refractivity contribution is 0.906. The monoisotopic (exact) mass is 308 g/mol. The van der Waals surface area contributed by atoms with E-state index in [1.807, 2.05) is 0 Å². The van der Waals surface area contributed by atoms with Gasteiger partial charge in [0.05, 0.1) is 0 Å². The highest BCUT2D eigenvalue weighted by Crippen LogP contribution is 2.12. The SMILES string of the molecule is CC(C)=CCC/C(C)=C/CC/C(C)=C/CC/C=C(\C)CCl. The van der Waals surface area contributed by atoms with Gasteiger partial charge in [-0.1, -0.05) is 46.6 Å². The molecule has 0 spiro atoms. The van der Waals surface area contributed by atoms with E-state index in [2.05, 4.69) is 58.9 Å². The van der Waals surface area contributed by atoms with Crippen molar-refractivity contribution in [2.75, 3.05) is 5.88 Å². The van der Waals surface area contributed by atoms with Crippen molar-refractivity contribution >= 4 is 11.6 Å². The fourth-order valence-corrected chi connectivity index (χ4v) is 2.16. The molecule has 0 bridgehead atoms. The normalized spacial score (nSPS) is 13.5. The maximum absolute atomic E-state index is 5.75. The number of hydrogen-bond acceptors (Lipinski definition) is 0. The fraction of sp³-hybridized carbons (Fsp3) is 0.600. The lowest BCUT2D eigenvalue weighted by Gasteiger charge is -2.01. The van der Waals surface area contributed by atoms with Gasteiger partial charge in [-0.15, -0.1) is 11.6 Å². The van der Waals surface area contributed by atoms with E-state index in [-0.39, 0.29) is 0 Å². The summed E-state index contributed by atoms with van der Waals surface area (Å²) in [6.45, 7) is 10.9. The highest BCUT2D eigenvalue weighted by Gasteiger charge is 1.92. The summed E-state index contributed by atoms with van der Waals surface area (Å²) >= 11 is 5.75. The molecule has 0 N–H and O–H groups in total. The molecule has 0 heterocycles. The van der Waals surface area contributed by atoms with E-state index in [9.17, 15) is 0 Å². The van der Waals surface area contributed by atoms with E-state index >= 15 is 0 Å². The molecule has 0 aromatic heterocycles. The third-order valence-corrected chi connectivity index (χ3v) is 3.91. The van der Waals surface area contributed by atoms with Crippen LogP contribution in [-0.2, 0) is 0 Å². The Morgan fingerprint density at radius 1 is 0.619 bits per heavy atom. The number of unbranched alkanes of at least 4 members (excludes halogenated alkanes) is 1. The van der Waals surface area contributed by atoms with E-state index in [0.717, 1.165) is 12.8 Å². The summed E-state index contributed by atoms with van der Waals surface area (Å²) in [6.07, 6.45) is 16.3. The van der Waals surface area contributed by atoms with Crippen molar-refractivity contribution in [2.24, 2.45) is 0 Å². The zero-order chi connectivity index (χ0) is 16.1. The smallest absolute Gasteiger partial charge is 0.0430 e. The molecule has 0 unspecified atom stereocenters. The van der Waals surface area contributed by atoms with E-state index in [0.29, 0.717) is 5.88 Å². The first-order valence-electron chi connectivity index (χ1n) is 8.12. The highest BCUT2D eigenvalue weighted by atomic mass is 35.5. The molecule has 0 atom stereocenters. The maximum atomic E-state index is 5.75. The van der Waals surface area contributed by atoms with Gasteiger partial charge in [0.25, 0.3) is 0 Å². The van der Waals surface area contributed by atoms with Crippen LogP contribution in [0.15, 0.2) is 46.6 Å². The predicted molar refractivity (Wildman–Crippen MR) is 99.1 cm³/mol. The first-order chi connectivity index (χ1) is 9.95. The van der Waals surface area contributed by atoms with Crippen LogP contribution in [-0.4, -0.2) is 5.88 Å².